The first-order chi connectivity index (χ1) is 17.1. The van der Waals surface area contributed by atoms with Gasteiger partial charge in [-0.3, -0.25) is 4.79 Å². The second-order valence-corrected chi connectivity index (χ2v) is 8.31. The van der Waals surface area contributed by atoms with Gasteiger partial charge in [0.05, 0.1) is 11.3 Å². The molecule has 36 heavy (non-hydrogen) atoms. The van der Waals surface area contributed by atoms with E-state index in [4.69, 9.17) is 4.74 Å². The minimum atomic E-state index is -4.53. The molecule has 0 saturated heterocycles. The molecule has 6 nitrogen and oxygen atoms in total. The first kappa shape index (κ1) is 24.9. The molecule has 0 unspecified atom stereocenters. The quantitative estimate of drug-likeness (QED) is 0.305. The number of ether oxygens (including phenoxy) is 1. The Morgan fingerprint density at radius 1 is 1.03 bits per heavy atom. The number of aromatic nitrogens is 3. The molecule has 186 valence electrons. The van der Waals surface area contributed by atoms with Gasteiger partial charge in [0.2, 0.25) is 5.91 Å². The molecule has 0 radical (unpaired) electrons. The van der Waals surface area contributed by atoms with E-state index in [9.17, 15) is 22.4 Å². The fourth-order valence-electron chi connectivity index (χ4n) is 3.26. The Bertz CT molecular complexity index is 1350. The predicted molar refractivity (Wildman–Crippen MR) is 126 cm³/mol. The molecule has 0 fully saturated rings. The lowest BCUT2D eigenvalue weighted by Crippen LogP contribution is -2.17. The van der Waals surface area contributed by atoms with E-state index in [0.717, 1.165) is 12.1 Å². The van der Waals surface area contributed by atoms with Crippen LogP contribution in [-0.2, 0) is 17.6 Å². The summed E-state index contributed by atoms with van der Waals surface area (Å²) >= 11 is 0. The second-order valence-electron chi connectivity index (χ2n) is 8.31. The molecule has 4 aromatic rings. The van der Waals surface area contributed by atoms with E-state index in [1.54, 1.807) is 50.2 Å². The van der Waals surface area contributed by atoms with Crippen LogP contribution >= 0.6 is 0 Å². The van der Waals surface area contributed by atoms with Crippen molar-refractivity contribution < 1.29 is 27.1 Å². The predicted octanol–water partition coefficient (Wildman–Crippen LogP) is 6.27. The Balaban J connectivity index is 1.68. The smallest absolute Gasteiger partial charge is 0.416 e. The van der Waals surface area contributed by atoms with Crippen LogP contribution < -0.4 is 10.1 Å². The molecule has 10 heteroatoms. The van der Waals surface area contributed by atoms with Crippen LogP contribution in [0.4, 0.5) is 23.2 Å². The summed E-state index contributed by atoms with van der Waals surface area (Å²) in [5.74, 6) is -0.604. The number of carbonyl (C=O) groups excluding carboxylic acids is 1. The highest BCUT2D eigenvalue weighted by Gasteiger charge is 2.31. The molecule has 1 amide bonds. The van der Waals surface area contributed by atoms with Gasteiger partial charge in [-0.05, 0) is 54.1 Å². The van der Waals surface area contributed by atoms with E-state index in [1.807, 2.05) is 0 Å². The molecule has 1 N–H and O–H groups in total. The molecule has 0 aliphatic carbocycles. The summed E-state index contributed by atoms with van der Waals surface area (Å²) in [5.41, 5.74) is 1.08. The van der Waals surface area contributed by atoms with Crippen LogP contribution in [0, 0.1) is 11.7 Å². The summed E-state index contributed by atoms with van der Waals surface area (Å²) in [6.45, 7) is 3.58. The molecule has 0 bridgehead atoms. The Morgan fingerprint density at radius 2 is 1.72 bits per heavy atom. The zero-order valence-electron chi connectivity index (χ0n) is 19.4. The lowest BCUT2D eigenvalue weighted by molar-refractivity contribution is -0.137. The number of nitrogens with zero attached hydrogens (tertiary/aromatic N) is 3. The molecule has 0 spiro atoms. The molecule has 0 aliphatic heterocycles. The first-order valence-electron chi connectivity index (χ1n) is 11.0. The fourth-order valence-corrected chi connectivity index (χ4v) is 3.26. The number of hydrogen-bond donors (Lipinski definition) is 1. The molecule has 4 rings (SSSR count). The average Bonchev–Trinajstić information content (AvgIpc) is 3.28. The number of nitrogens with one attached hydrogen (secondary N) is 1. The third-order valence-corrected chi connectivity index (χ3v) is 5.22. The summed E-state index contributed by atoms with van der Waals surface area (Å²) in [6.07, 6.45) is -4.53. The highest BCUT2D eigenvalue weighted by atomic mass is 19.4. The molecular weight excluding hydrogens is 476 g/mol. The van der Waals surface area contributed by atoms with Crippen LogP contribution in [0.3, 0.4) is 0 Å². The number of hydrogen-bond acceptors (Lipinski definition) is 4. The lowest BCUT2D eigenvalue weighted by atomic mass is 10.1. The monoisotopic (exact) mass is 498 g/mol. The van der Waals surface area contributed by atoms with Gasteiger partial charge in [0.15, 0.2) is 5.82 Å². The van der Waals surface area contributed by atoms with Crippen molar-refractivity contribution in [3.8, 4) is 23.1 Å². The van der Waals surface area contributed by atoms with E-state index >= 15 is 0 Å². The van der Waals surface area contributed by atoms with E-state index in [1.165, 1.54) is 28.9 Å². The van der Waals surface area contributed by atoms with Gasteiger partial charge in [-0.15, -0.1) is 5.10 Å². The normalized spacial score (nSPS) is 11.5. The summed E-state index contributed by atoms with van der Waals surface area (Å²) < 4.78 is 60.2. The lowest BCUT2D eigenvalue weighted by Gasteiger charge is -2.11. The maximum absolute atomic E-state index is 13.3. The molecule has 0 saturated carbocycles. The summed E-state index contributed by atoms with van der Waals surface area (Å²) in [6, 6.07) is 17.0. The number of alkyl halides is 3. The van der Waals surface area contributed by atoms with Gasteiger partial charge in [0.25, 0.3) is 0 Å². The topological polar surface area (TPSA) is 69.0 Å². The van der Waals surface area contributed by atoms with Crippen molar-refractivity contribution in [2.45, 2.75) is 26.6 Å². The zero-order chi connectivity index (χ0) is 25.9. The third-order valence-electron chi connectivity index (χ3n) is 5.22. The maximum atomic E-state index is 13.3. The highest BCUT2D eigenvalue weighted by Crippen LogP contribution is 2.33. The van der Waals surface area contributed by atoms with Gasteiger partial charge in [0, 0.05) is 17.2 Å². The Kier molecular flexibility index (Phi) is 7.05. The third kappa shape index (κ3) is 5.88. The van der Waals surface area contributed by atoms with E-state index in [-0.39, 0.29) is 41.6 Å². The van der Waals surface area contributed by atoms with Crippen LogP contribution in [0.25, 0.3) is 17.1 Å². The van der Waals surface area contributed by atoms with Gasteiger partial charge in [-0.25, -0.2) is 9.07 Å². The minimum Gasteiger partial charge on any atom is -0.457 e. The van der Waals surface area contributed by atoms with Crippen molar-refractivity contribution >= 4 is 11.6 Å². The van der Waals surface area contributed by atoms with Gasteiger partial charge < -0.3 is 10.1 Å². The number of halogens is 4. The van der Waals surface area contributed by atoms with Gasteiger partial charge in [-0.2, -0.15) is 18.2 Å². The maximum Gasteiger partial charge on any atom is 0.416 e. The van der Waals surface area contributed by atoms with Crippen molar-refractivity contribution in [1.29, 1.82) is 0 Å². The highest BCUT2D eigenvalue weighted by molar-refractivity contribution is 5.92. The first-order valence-corrected chi connectivity index (χ1v) is 11.0. The standard InChI is InChI=1S/C26H22F4N4O2/c1-16(2)24(35)31-21-10-12-22(13-11-21)34-23(18-4-3-5-19(14-18)26(28,29)30)32-25(33-34)36-15-17-6-8-20(27)9-7-17/h3-14,16H,15H2,1-2H3,(H,31,35). The van der Waals surface area contributed by atoms with Crippen LogP contribution in [0.15, 0.2) is 72.8 Å². The van der Waals surface area contributed by atoms with Crippen LogP contribution in [-0.4, -0.2) is 20.7 Å². The number of amides is 1. The van der Waals surface area contributed by atoms with E-state index < -0.39 is 11.7 Å². The number of rotatable bonds is 7. The van der Waals surface area contributed by atoms with Crippen LogP contribution in [0.1, 0.15) is 25.0 Å². The number of carbonyl (C=O) groups is 1. The number of benzene rings is 3. The molecule has 3 aromatic carbocycles. The minimum absolute atomic E-state index is 0.0342. The summed E-state index contributed by atoms with van der Waals surface area (Å²) in [5, 5.41) is 7.12. The van der Waals surface area contributed by atoms with Crippen molar-refractivity contribution in [3.63, 3.8) is 0 Å². The van der Waals surface area contributed by atoms with Crippen molar-refractivity contribution in [1.82, 2.24) is 14.8 Å². The zero-order valence-corrected chi connectivity index (χ0v) is 19.4. The van der Waals surface area contributed by atoms with Crippen molar-refractivity contribution in [2.75, 3.05) is 5.32 Å². The Labute approximate surface area is 204 Å². The van der Waals surface area contributed by atoms with Crippen molar-refractivity contribution in [2.24, 2.45) is 5.92 Å². The molecular formula is C26H22F4N4O2. The van der Waals surface area contributed by atoms with Gasteiger partial charge in [-0.1, -0.05) is 38.1 Å². The van der Waals surface area contributed by atoms with E-state index in [2.05, 4.69) is 15.4 Å². The average molecular weight is 498 g/mol. The summed E-state index contributed by atoms with van der Waals surface area (Å²) in [4.78, 5) is 16.3. The Hall–Kier alpha value is -4.21. The van der Waals surface area contributed by atoms with Gasteiger partial charge in [0.1, 0.15) is 12.4 Å². The van der Waals surface area contributed by atoms with Crippen molar-refractivity contribution in [3.05, 3.63) is 89.7 Å². The SMILES string of the molecule is CC(C)C(=O)Nc1ccc(-n2nc(OCc3ccc(F)cc3)nc2-c2cccc(C(F)(F)F)c2)cc1. The molecule has 0 atom stereocenters. The molecule has 0 aliphatic rings. The summed E-state index contributed by atoms with van der Waals surface area (Å²) in [7, 11) is 0. The van der Waals surface area contributed by atoms with E-state index in [0.29, 0.717) is 16.9 Å². The number of anilines is 1. The van der Waals surface area contributed by atoms with Gasteiger partial charge >= 0.3 is 12.2 Å². The fraction of sp³-hybridized carbons (Fsp3) is 0.192. The molecule has 1 heterocycles. The Morgan fingerprint density at radius 3 is 2.36 bits per heavy atom. The molecule has 1 aromatic heterocycles. The van der Waals surface area contributed by atoms with Crippen LogP contribution in [0.5, 0.6) is 6.01 Å². The van der Waals surface area contributed by atoms with Crippen LogP contribution in [0.2, 0.25) is 0 Å². The second kappa shape index (κ2) is 10.2. The largest absolute Gasteiger partial charge is 0.457 e.